The molecule has 110 valence electrons. The van der Waals surface area contributed by atoms with Crippen LogP contribution in [0.3, 0.4) is 0 Å². The highest BCUT2D eigenvalue weighted by molar-refractivity contribution is 6.03. The number of ketones is 1. The number of nitrogens with one attached hydrogen (secondary N) is 1. The van der Waals surface area contributed by atoms with Gasteiger partial charge in [0.15, 0.2) is 6.10 Å². The number of Topliss-reactive ketones (excluding diaryl/α,β-unsaturated/α-hetero) is 1. The molecule has 1 aromatic carbocycles. The van der Waals surface area contributed by atoms with Crippen molar-refractivity contribution >= 4 is 28.8 Å². The lowest BCUT2D eigenvalue weighted by Gasteiger charge is -2.15. The van der Waals surface area contributed by atoms with Crippen LogP contribution in [-0.2, 0) is 9.53 Å². The smallest absolute Gasteiger partial charge is 0.293 e. The largest absolute Gasteiger partial charge is 0.456 e. The lowest BCUT2D eigenvalue weighted by molar-refractivity contribution is -0.131. The molecule has 1 heterocycles. The second-order valence-corrected chi connectivity index (χ2v) is 4.86. The number of fused-ring (bicyclic) bond motifs is 1. The van der Waals surface area contributed by atoms with Crippen molar-refractivity contribution in [2.24, 2.45) is 0 Å². The number of nitrogens with zero attached hydrogens (tertiary/aromatic N) is 1. The molecule has 6 nitrogen and oxygen atoms in total. The van der Waals surface area contributed by atoms with E-state index in [2.05, 4.69) is 9.72 Å². The lowest BCUT2D eigenvalue weighted by Crippen LogP contribution is -2.27. The van der Waals surface area contributed by atoms with Crippen molar-refractivity contribution < 1.29 is 14.3 Å². The number of aromatic amines is 1. The Morgan fingerprint density at radius 3 is 2.71 bits per heavy atom. The fourth-order valence-electron chi connectivity index (χ4n) is 2.17. The molecule has 0 saturated carbocycles. The molecule has 0 aliphatic heterocycles. The van der Waals surface area contributed by atoms with Crippen LogP contribution < -0.4 is 10.3 Å². The lowest BCUT2D eigenvalue weighted by atomic mass is 10.0. The summed E-state index contributed by atoms with van der Waals surface area (Å²) in [4.78, 5) is 39.8. The monoisotopic (exact) mass is 288 g/mol. The van der Waals surface area contributed by atoms with Gasteiger partial charge in [0, 0.05) is 26.0 Å². The van der Waals surface area contributed by atoms with Gasteiger partial charge < -0.3 is 14.6 Å². The normalized spacial score (nSPS) is 12.0. The molecule has 0 bridgehead atoms. The molecule has 0 fully saturated rings. The first-order chi connectivity index (χ1) is 9.97. The first kappa shape index (κ1) is 14.8. The van der Waals surface area contributed by atoms with E-state index in [4.69, 9.17) is 0 Å². The van der Waals surface area contributed by atoms with E-state index in [1.165, 1.54) is 13.1 Å². The average molecular weight is 288 g/mol. The Labute approximate surface area is 121 Å². The molecule has 2 aromatic rings. The highest BCUT2D eigenvalue weighted by Crippen LogP contribution is 2.21. The molecular formula is C15H16N2O4. The number of rotatable bonds is 5. The molecule has 0 saturated heterocycles. The molecular weight excluding hydrogens is 272 g/mol. The minimum Gasteiger partial charge on any atom is -0.456 e. The highest BCUT2D eigenvalue weighted by atomic mass is 16.5. The zero-order valence-electron chi connectivity index (χ0n) is 12.0. The van der Waals surface area contributed by atoms with Gasteiger partial charge >= 0.3 is 0 Å². The predicted molar refractivity (Wildman–Crippen MR) is 79.8 cm³/mol. The quantitative estimate of drug-likeness (QED) is 0.663. The average Bonchev–Trinajstić information content (AvgIpc) is 2.46. The van der Waals surface area contributed by atoms with Gasteiger partial charge in [0.2, 0.25) is 11.2 Å². The third-order valence-corrected chi connectivity index (χ3v) is 3.26. The zero-order chi connectivity index (χ0) is 15.6. The van der Waals surface area contributed by atoms with Crippen LogP contribution in [0.15, 0.2) is 29.2 Å². The third-order valence-electron chi connectivity index (χ3n) is 3.26. The van der Waals surface area contributed by atoms with Gasteiger partial charge in [-0.2, -0.15) is 0 Å². The van der Waals surface area contributed by atoms with Gasteiger partial charge in [0.1, 0.15) is 0 Å². The molecule has 1 aromatic heterocycles. The molecule has 6 heteroatoms. The Morgan fingerprint density at radius 1 is 1.38 bits per heavy atom. The maximum Gasteiger partial charge on any atom is 0.293 e. The van der Waals surface area contributed by atoms with E-state index in [-0.39, 0.29) is 17.5 Å². The fourth-order valence-corrected chi connectivity index (χ4v) is 2.17. The third kappa shape index (κ3) is 2.65. The fraction of sp³-hybridized carbons (Fsp3) is 0.267. The van der Waals surface area contributed by atoms with Crippen molar-refractivity contribution in [3.05, 3.63) is 40.2 Å². The van der Waals surface area contributed by atoms with Crippen LogP contribution in [0.4, 0.5) is 5.69 Å². The number of pyridine rings is 1. The van der Waals surface area contributed by atoms with E-state index in [0.29, 0.717) is 16.6 Å². The summed E-state index contributed by atoms with van der Waals surface area (Å²) in [6, 6.07) is 5.40. The summed E-state index contributed by atoms with van der Waals surface area (Å²) in [6.45, 7) is 1.63. The van der Waals surface area contributed by atoms with Crippen LogP contribution in [0.2, 0.25) is 0 Å². The number of carbonyl (C=O) groups is 2. The summed E-state index contributed by atoms with van der Waals surface area (Å²) >= 11 is 0. The van der Waals surface area contributed by atoms with Crippen LogP contribution in [0.25, 0.3) is 10.9 Å². The van der Waals surface area contributed by atoms with Crippen LogP contribution in [0.1, 0.15) is 17.3 Å². The van der Waals surface area contributed by atoms with Gasteiger partial charge in [0.25, 0.3) is 6.47 Å². The number of benzene rings is 1. The van der Waals surface area contributed by atoms with Crippen molar-refractivity contribution in [1.29, 1.82) is 0 Å². The molecule has 1 unspecified atom stereocenters. The summed E-state index contributed by atoms with van der Waals surface area (Å²) in [5, 5.41) is 0.437. The molecule has 1 atom stereocenters. The Bertz CT molecular complexity index is 749. The van der Waals surface area contributed by atoms with Gasteiger partial charge in [0.05, 0.1) is 16.5 Å². The number of hydrogen-bond donors (Lipinski definition) is 1. The standard InChI is InChI=1S/C15H16N2O4/c1-9(21-8-18)14(19)10-7-16-11-5-4-6-12(17(2)3)13(11)15(10)20/h4-9H,1-3H3,(H,16,20). The number of ether oxygens (including phenoxy) is 1. The number of aromatic nitrogens is 1. The minimum absolute atomic E-state index is 0.0221. The summed E-state index contributed by atoms with van der Waals surface area (Å²) in [5.41, 5.74) is 0.963. The first-order valence-corrected chi connectivity index (χ1v) is 6.42. The van der Waals surface area contributed by atoms with E-state index >= 15 is 0 Å². The SMILES string of the molecule is CC(OC=O)C(=O)c1c[nH]c2cccc(N(C)C)c2c1=O. The zero-order valence-corrected chi connectivity index (χ0v) is 12.0. The topological polar surface area (TPSA) is 79.5 Å². The molecule has 1 N–H and O–H groups in total. The van der Waals surface area contributed by atoms with Gasteiger partial charge in [-0.15, -0.1) is 0 Å². The Balaban J connectivity index is 2.66. The molecule has 0 amide bonds. The summed E-state index contributed by atoms with van der Waals surface area (Å²) < 4.78 is 4.61. The van der Waals surface area contributed by atoms with Crippen LogP contribution in [0, 0.1) is 0 Å². The number of anilines is 1. The Morgan fingerprint density at radius 2 is 2.10 bits per heavy atom. The van der Waals surface area contributed by atoms with Crippen molar-refractivity contribution in [2.75, 3.05) is 19.0 Å². The highest BCUT2D eigenvalue weighted by Gasteiger charge is 2.21. The van der Waals surface area contributed by atoms with E-state index in [1.807, 2.05) is 20.2 Å². The maximum atomic E-state index is 12.6. The number of hydrogen-bond acceptors (Lipinski definition) is 5. The molecule has 0 spiro atoms. The second kappa shape index (κ2) is 5.78. The van der Waals surface area contributed by atoms with E-state index in [1.54, 1.807) is 17.0 Å². The van der Waals surface area contributed by atoms with Crippen molar-refractivity contribution in [3.8, 4) is 0 Å². The number of H-pyrrole nitrogens is 1. The number of carbonyl (C=O) groups excluding carboxylic acids is 2. The Kier molecular flexibility index (Phi) is 4.07. The maximum absolute atomic E-state index is 12.6. The van der Waals surface area contributed by atoms with Crippen molar-refractivity contribution in [2.45, 2.75) is 13.0 Å². The van der Waals surface area contributed by atoms with E-state index in [0.717, 1.165) is 0 Å². The summed E-state index contributed by atoms with van der Waals surface area (Å²) in [5.74, 6) is -0.529. The molecule has 2 rings (SSSR count). The minimum atomic E-state index is -0.993. The van der Waals surface area contributed by atoms with Gasteiger partial charge in [-0.1, -0.05) is 6.07 Å². The first-order valence-electron chi connectivity index (χ1n) is 6.42. The van der Waals surface area contributed by atoms with Gasteiger partial charge in [-0.3, -0.25) is 14.4 Å². The van der Waals surface area contributed by atoms with Crippen LogP contribution in [-0.4, -0.2) is 37.4 Å². The van der Waals surface area contributed by atoms with Crippen molar-refractivity contribution in [1.82, 2.24) is 4.98 Å². The van der Waals surface area contributed by atoms with E-state index < -0.39 is 11.9 Å². The van der Waals surface area contributed by atoms with Crippen LogP contribution in [0.5, 0.6) is 0 Å². The van der Waals surface area contributed by atoms with E-state index in [9.17, 15) is 14.4 Å². The molecule has 0 radical (unpaired) electrons. The summed E-state index contributed by atoms with van der Waals surface area (Å²) in [6.07, 6.45) is 0.365. The molecule has 21 heavy (non-hydrogen) atoms. The van der Waals surface area contributed by atoms with Gasteiger partial charge in [-0.05, 0) is 19.1 Å². The molecule has 0 aliphatic carbocycles. The van der Waals surface area contributed by atoms with Crippen LogP contribution >= 0.6 is 0 Å². The van der Waals surface area contributed by atoms with Crippen molar-refractivity contribution in [3.63, 3.8) is 0 Å². The Hall–Kier alpha value is -2.63. The molecule has 0 aliphatic rings. The second-order valence-electron chi connectivity index (χ2n) is 4.86. The summed E-state index contributed by atoms with van der Waals surface area (Å²) in [7, 11) is 3.64. The van der Waals surface area contributed by atoms with Gasteiger partial charge in [-0.25, -0.2) is 0 Å². The predicted octanol–water partition coefficient (Wildman–Crippen LogP) is 1.34.